The molecular weight excluding hydrogens is 260 g/mol. The number of amides is 2. The van der Waals surface area contributed by atoms with Crippen molar-refractivity contribution in [3.8, 4) is 0 Å². The zero-order chi connectivity index (χ0) is 13.8. The summed E-state index contributed by atoms with van der Waals surface area (Å²) < 4.78 is 0. The van der Waals surface area contributed by atoms with Crippen LogP contribution in [0, 0.1) is 0 Å². The minimum atomic E-state index is -0.269. The zero-order valence-corrected chi connectivity index (χ0v) is 12.3. The average molecular weight is 280 g/mol. The van der Waals surface area contributed by atoms with Gasteiger partial charge in [0, 0.05) is 24.4 Å². The van der Waals surface area contributed by atoms with Crippen molar-refractivity contribution in [2.45, 2.75) is 39.3 Å². The number of nitrogens with zero attached hydrogens (tertiary/aromatic N) is 2. The minimum absolute atomic E-state index is 0.0902. The maximum Gasteiger partial charge on any atom is 0.245 e. The molecule has 19 heavy (non-hydrogen) atoms. The minimum Gasteiger partial charge on any atom is -0.341 e. The highest BCUT2D eigenvalue weighted by Gasteiger charge is 2.37. The van der Waals surface area contributed by atoms with Gasteiger partial charge in [-0.25, -0.2) is 0 Å². The van der Waals surface area contributed by atoms with Crippen molar-refractivity contribution >= 4 is 23.2 Å². The lowest BCUT2D eigenvalue weighted by molar-refractivity contribution is -0.141. The first kappa shape index (κ1) is 14.1. The molecule has 0 bridgehead atoms. The lowest BCUT2D eigenvalue weighted by Gasteiger charge is -2.28. The maximum atomic E-state index is 12.4. The van der Waals surface area contributed by atoms with Gasteiger partial charge in [0.1, 0.15) is 6.04 Å². The van der Waals surface area contributed by atoms with Crippen LogP contribution < -0.4 is 0 Å². The van der Waals surface area contributed by atoms with Gasteiger partial charge in [-0.3, -0.25) is 9.59 Å². The predicted octanol–water partition coefficient (Wildman–Crippen LogP) is 2.11. The largest absolute Gasteiger partial charge is 0.341 e. The molecule has 1 fully saturated rings. The molecule has 1 aromatic heterocycles. The number of hydrogen-bond acceptors (Lipinski definition) is 3. The zero-order valence-electron chi connectivity index (χ0n) is 11.5. The van der Waals surface area contributed by atoms with E-state index in [1.54, 1.807) is 16.2 Å². The van der Waals surface area contributed by atoms with Crippen LogP contribution in [0.15, 0.2) is 17.5 Å². The molecule has 0 aromatic carbocycles. The van der Waals surface area contributed by atoms with E-state index in [2.05, 4.69) is 0 Å². The molecule has 1 aliphatic rings. The van der Waals surface area contributed by atoms with E-state index in [0.717, 1.165) is 4.88 Å². The number of likely N-dealkylation sites (N-methyl/N-ethyl adjacent to an activating group) is 1. The van der Waals surface area contributed by atoms with Crippen molar-refractivity contribution in [2.24, 2.45) is 0 Å². The molecule has 1 unspecified atom stereocenters. The van der Waals surface area contributed by atoms with Crippen LogP contribution in [0.2, 0.25) is 0 Å². The summed E-state index contributed by atoms with van der Waals surface area (Å²) in [5.74, 6) is 0.186. The first-order chi connectivity index (χ1) is 9.17. The number of carbonyl (C=O) groups is 2. The molecule has 2 rings (SSSR count). The predicted molar refractivity (Wildman–Crippen MR) is 75.8 cm³/mol. The second kappa shape index (κ2) is 6.19. The van der Waals surface area contributed by atoms with E-state index in [1.807, 2.05) is 36.3 Å². The van der Waals surface area contributed by atoms with Crippen molar-refractivity contribution in [3.05, 3.63) is 22.4 Å². The molecular formula is C14H20N2O2S. The first-order valence-corrected chi connectivity index (χ1v) is 7.66. The number of hydrogen-bond donors (Lipinski definition) is 0. The summed E-state index contributed by atoms with van der Waals surface area (Å²) in [6.07, 6.45) is 1.14. The van der Waals surface area contributed by atoms with Gasteiger partial charge in [0.2, 0.25) is 11.8 Å². The smallest absolute Gasteiger partial charge is 0.245 e. The van der Waals surface area contributed by atoms with Gasteiger partial charge in [0.15, 0.2) is 0 Å². The van der Waals surface area contributed by atoms with E-state index < -0.39 is 0 Å². The Morgan fingerprint density at radius 1 is 1.47 bits per heavy atom. The number of likely N-dealkylation sites (tertiary alicyclic amines) is 1. The Balaban J connectivity index is 2.10. The van der Waals surface area contributed by atoms with Crippen LogP contribution in [0.1, 0.15) is 31.6 Å². The summed E-state index contributed by atoms with van der Waals surface area (Å²) in [6, 6.07) is 3.71. The number of rotatable bonds is 5. The third-order valence-electron chi connectivity index (χ3n) is 3.59. The molecule has 4 nitrogen and oxygen atoms in total. The molecule has 1 atom stereocenters. The van der Waals surface area contributed by atoms with Crippen LogP contribution in [0.25, 0.3) is 0 Å². The molecule has 5 heteroatoms. The van der Waals surface area contributed by atoms with Crippen molar-refractivity contribution in [2.75, 3.05) is 13.1 Å². The summed E-state index contributed by atoms with van der Waals surface area (Å²) in [6.45, 7) is 5.91. The Kier molecular flexibility index (Phi) is 4.58. The van der Waals surface area contributed by atoms with Crippen molar-refractivity contribution < 1.29 is 9.59 Å². The molecule has 2 heterocycles. The summed E-state index contributed by atoms with van der Waals surface area (Å²) in [5, 5.41) is 2.00. The van der Waals surface area contributed by atoms with Crippen molar-refractivity contribution in [1.82, 2.24) is 9.80 Å². The van der Waals surface area contributed by atoms with E-state index >= 15 is 0 Å². The Hall–Kier alpha value is -1.36. The lowest BCUT2D eigenvalue weighted by Crippen LogP contribution is -2.46. The fourth-order valence-electron chi connectivity index (χ4n) is 2.51. The molecule has 0 aliphatic carbocycles. The lowest BCUT2D eigenvalue weighted by atomic mass is 10.2. The van der Waals surface area contributed by atoms with Crippen LogP contribution >= 0.6 is 11.3 Å². The molecule has 0 radical (unpaired) electrons. The van der Waals surface area contributed by atoms with E-state index in [4.69, 9.17) is 0 Å². The molecule has 1 aromatic rings. The Bertz CT molecular complexity index is 440. The summed E-state index contributed by atoms with van der Waals surface area (Å²) >= 11 is 1.63. The van der Waals surface area contributed by atoms with Crippen molar-refractivity contribution in [1.29, 1.82) is 0 Å². The van der Waals surface area contributed by atoms with E-state index in [9.17, 15) is 9.59 Å². The van der Waals surface area contributed by atoms with Gasteiger partial charge >= 0.3 is 0 Å². The number of carbonyl (C=O) groups excluding carboxylic acids is 2. The topological polar surface area (TPSA) is 40.6 Å². The maximum absolute atomic E-state index is 12.4. The Morgan fingerprint density at radius 3 is 2.79 bits per heavy atom. The monoisotopic (exact) mass is 280 g/mol. The van der Waals surface area contributed by atoms with Gasteiger partial charge < -0.3 is 9.80 Å². The molecule has 104 valence electrons. The van der Waals surface area contributed by atoms with E-state index in [-0.39, 0.29) is 17.9 Å². The Morgan fingerprint density at radius 2 is 2.21 bits per heavy atom. The molecule has 1 aliphatic heterocycles. The highest BCUT2D eigenvalue weighted by atomic mass is 32.1. The molecule has 1 saturated heterocycles. The van der Waals surface area contributed by atoms with Crippen LogP contribution in [-0.4, -0.2) is 40.7 Å². The van der Waals surface area contributed by atoms with Crippen LogP contribution in [-0.2, 0) is 16.1 Å². The summed E-state index contributed by atoms with van der Waals surface area (Å²) in [4.78, 5) is 29.1. The van der Waals surface area contributed by atoms with Crippen LogP contribution in [0.5, 0.6) is 0 Å². The van der Waals surface area contributed by atoms with Gasteiger partial charge in [-0.15, -0.1) is 11.3 Å². The third kappa shape index (κ3) is 2.97. The molecule has 0 saturated carbocycles. The highest BCUT2D eigenvalue weighted by molar-refractivity contribution is 7.09. The Labute approximate surface area is 118 Å². The molecule has 0 spiro atoms. The van der Waals surface area contributed by atoms with Crippen LogP contribution in [0.3, 0.4) is 0 Å². The number of thiophene rings is 1. The molecule has 2 amide bonds. The van der Waals surface area contributed by atoms with E-state index in [1.165, 1.54) is 0 Å². The first-order valence-electron chi connectivity index (χ1n) is 6.78. The van der Waals surface area contributed by atoms with Gasteiger partial charge in [-0.2, -0.15) is 0 Å². The normalized spacial score (nSPS) is 18.9. The summed E-state index contributed by atoms with van der Waals surface area (Å²) in [5.41, 5.74) is 0. The van der Waals surface area contributed by atoms with Gasteiger partial charge in [-0.05, 0) is 31.7 Å². The fourth-order valence-corrected chi connectivity index (χ4v) is 3.21. The van der Waals surface area contributed by atoms with Gasteiger partial charge in [0.05, 0.1) is 6.54 Å². The van der Waals surface area contributed by atoms with Gasteiger partial charge in [-0.1, -0.05) is 6.07 Å². The average Bonchev–Trinajstić information content (AvgIpc) is 3.03. The van der Waals surface area contributed by atoms with Gasteiger partial charge in [0.25, 0.3) is 0 Å². The second-order valence-electron chi connectivity index (χ2n) is 4.67. The standard InChI is InChI=1S/C14H20N2O2S/c1-3-15(4-2)14(18)12-7-8-13(17)16(12)10-11-6-5-9-19-11/h5-6,9,12H,3-4,7-8,10H2,1-2H3. The third-order valence-corrected chi connectivity index (χ3v) is 4.46. The summed E-state index contributed by atoms with van der Waals surface area (Å²) in [7, 11) is 0. The quantitative estimate of drug-likeness (QED) is 0.829. The molecule has 0 N–H and O–H groups in total. The van der Waals surface area contributed by atoms with E-state index in [0.29, 0.717) is 32.5 Å². The SMILES string of the molecule is CCN(CC)C(=O)C1CCC(=O)N1Cc1cccs1. The fraction of sp³-hybridized carbons (Fsp3) is 0.571. The highest BCUT2D eigenvalue weighted by Crippen LogP contribution is 2.24. The second-order valence-corrected chi connectivity index (χ2v) is 5.70. The van der Waals surface area contributed by atoms with Crippen LogP contribution in [0.4, 0.5) is 0 Å². The van der Waals surface area contributed by atoms with Crippen molar-refractivity contribution in [3.63, 3.8) is 0 Å².